The van der Waals surface area contributed by atoms with Gasteiger partial charge in [-0.1, -0.05) is 22.0 Å². The van der Waals surface area contributed by atoms with Crippen LogP contribution in [0.2, 0.25) is 0 Å². The number of hydrogen-bond acceptors (Lipinski definition) is 3. The minimum absolute atomic E-state index is 0.127. The van der Waals surface area contributed by atoms with Crippen LogP contribution >= 0.6 is 15.9 Å². The fourth-order valence-corrected chi connectivity index (χ4v) is 3.38. The number of amides is 1. The molecule has 1 fully saturated rings. The number of carbonyl (C=O) groups is 1. The van der Waals surface area contributed by atoms with E-state index in [-0.39, 0.29) is 22.4 Å². The quantitative estimate of drug-likeness (QED) is 0.670. The number of aryl methyl sites for hydroxylation is 1. The zero-order chi connectivity index (χ0) is 14.2. The zero-order valence-corrected chi connectivity index (χ0v) is 12.7. The van der Waals surface area contributed by atoms with Crippen LogP contribution in [0.3, 0.4) is 0 Å². The molecule has 0 bridgehead atoms. The molecule has 0 aliphatic carbocycles. The normalized spacial score (nSPS) is 20.1. The van der Waals surface area contributed by atoms with E-state index < -0.39 is 10.1 Å². The summed E-state index contributed by atoms with van der Waals surface area (Å²) in [6.07, 6.45) is 0.379. The van der Waals surface area contributed by atoms with Gasteiger partial charge in [-0.05, 0) is 30.5 Å². The van der Waals surface area contributed by atoms with Crippen LogP contribution in [0.25, 0.3) is 0 Å². The van der Waals surface area contributed by atoms with Gasteiger partial charge in [-0.15, -0.1) is 0 Å². The fourth-order valence-electron chi connectivity index (χ4n) is 2.17. The third-order valence-corrected chi connectivity index (χ3v) is 4.91. The molecule has 5 nitrogen and oxygen atoms in total. The van der Waals surface area contributed by atoms with E-state index in [0.717, 1.165) is 0 Å². The first-order valence-electron chi connectivity index (χ1n) is 5.77. The average Bonchev–Trinajstić information content (AvgIpc) is 2.69. The van der Waals surface area contributed by atoms with Crippen molar-refractivity contribution in [3.63, 3.8) is 0 Å². The fraction of sp³-hybridized carbons (Fsp3) is 0.417. The molecule has 1 atom stereocenters. The SMILES string of the molecule is Cc1ccc(N2CC(CBr)CC2=O)c(S(=O)(=O)O)c1. The van der Waals surface area contributed by atoms with Crippen LogP contribution in [-0.2, 0) is 14.9 Å². The summed E-state index contributed by atoms with van der Waals surface area (Å²) in [6.45, 7) is 2.18. The summed E-state index contributed by atoms with van der Waals surface area (Å²) in [5.74, 6) is 0.0289. The molecule has 1 unspecified atom stereocenters. The van der Waals surface area contributed by atoms with Crippen molar-refractivity contribution in [2.75, 3.05) is 16.8 Å². The van der Waals surface area contributed by atoms with Gasteiger partial charge in [0.25, 0.3) is 10.1 Å². The number of halogens is 1. The van der Waals surface area contributed by atoms with E-state index in [4.69, 9.17) is 0 Å². The predicted molar refractivity (Wildman–Crippen MR) is 75.2 cm³/mol. The highest BCUT2D eigenvalue weighted by Gasteiger charge is 2.32. The molecule has 1 aromatic rings. The Bertz CT molecular complexity index is 614. The molecule has 1 aliphatic heterocycles. The smallest absolute Gasteiger partial charge is 0.296 e. The topological polar surface area (TPSA) is 74.7 Å². The van der Waals surface area contributed by atoms with Gasteiger partial charge >= 0.3 is 0 Å². The van der Waals surface area contributed by atoms with Crippen molar-refractivity contribution < 1.29 is 17.8 Å². The molecule has 7 heteroatoms. The molecule has 2 rings (SSSR count). The zero-order valence-electron chi connectivity index (χ0n) is 10.3. The van der Waals surface area contributed by atoms with Gasteiger partial charge in [0.15, 0.2) is 0 Å². The third-order valence-electron chi connectivity index (χ3n) is 3.11. The number of hydrogen-bond donors (Lipinski definition) is 1. The standard InChI is InChI=1S/C12H14BrNO4S/c1-8-2-3-10(11(4-8)19(16,17)18)14-7-9(6-13)5-12(14)15/h2-4,9H,5-7H2,1H3,(H,16,17,18). The molecule has 0 spiro atoms. The van der Waals surface area contributed by atoms with E-state index in [1.165, 1.54) is 11.0 Å². The van der Waals surface area contributed by atoms with Crippen molar-refractivity contribution in [1.82, 2.24) is 0 Å². The molecule has 1 heterocycles. The number of anilines is 1. The molecular weight excluding hydrogens is 334 g/mol. The molecule has 19 heavy (non-hydrogen) atoms. The van der Waals surface area contributed by atoms with E-state index in [1.807, 2.05) is 0 Å². The summed E-state index contributed by atoms with van der Waals surface area (Å²) in [6, 6.07) is 4.66. The van der Waals surface area contributed by atoms with Crippen molar-refractivity contribution in [1.29, 1.82) is 0 Å². The number of benzene rings is 1. The Morgan fingerprint density at radius 2 is 2.16 bits per heavy atom. The summed E-state index contributed by atoms with van der Waals surface area (Å²) >= 11 is 3.33. The molecule has 0 saturated carbocycles. The number of carbonyl (C=O) groups excluding carboxylic acids is 1. The lowest BCUT2D eigenvalue weighted by Crippen LogP contribution is -2.26. The largest absolute Gasteiger partial charge is 0.311 e. The summed E-state index contributed by atoms with van der Waals surface area (Å²) in [5, 5.41) is 0.683. The Balaban J connectivity index is 2.49. The molecule has 0 aromatic heterocycles. The predicted octanol–water partition coefficient (Wildman–Crippen LogP) is 1.99. The van der Waals surface area contributed by atoms with Crippen LogP contribution in [0.5, 0.6) is 0 Å². The van der Waals surface area contributed by atoms with Crippen LogP contribution in [0.15, 0.2) is 23.1 Å². The van der Waals surface area contributed by atoms with Crippen molar-refractivity contribution in [2.24, 2.45) is 5.92 Å². The Labute approximate surface area is 120 Å². The summed E-state index contributed by atoms with van der Waals surface area (Å²) in [5.41, 5.74) is 0.960. The summed E-state index contributed by atoms with van der Waals surface area (Å²) < 4.78 is 32.1. The highest BCUT2D eigenvalue weighted by molar-refractivity contribution is 9.09. The maximum atomic E-state index is 11.9. The minimum atomic E-state index is -4.35. The third kappa shape index (κ3) is 2.98. The van der Waals surface area contributed by atoms with Crippen molar-refractivity contribution in [3.05, 3.63) is 23.8 Å². The Hall–Kier alpha value is -0.920. The monoisotopic (exact) mass is 347 g/mol. The van der Waals surface area contributed by atoms with E-state index in [9.17, 15) is 17.8 Å². The maximum Gasteiger partial charge on any atom is 0.296 e. The van der Waals surface area contributed by atoms with Gasteiger partial charge < -0.3 is 4.90 Å². The second-order valence-corrected chi connectivity index (χ2v) is 6.71. The van der Waals surface area contributed by atoms with Gasteiger partial charge in [-0.3, -0.25) is 9.35 Å². The van der Waals surface area contributed by atoms with Crippen LogP contribution in [0.4, 0.5) is 5.69 Å². The van der Waals surface area contributed by atoms with E-state index in [2.05, 4.69) is 15.9 Å². The van der Waals surface area contributed by atoms with Crippen molar-refractivity contribution in [3.8, 4) is 0 Å². The molecule has 1 aromatic carbocycles. The van der Waals surface area contributed by atoms with E-state index in [0.29, 0.717) is 23.9 Å². The highest BCUT2D eigenvalue weighted by atomic mass is 79.9. The first-order valence-corrected chi connectivity index (χ1v) is 8.33. The van der Waals surface area contributed by atoms with Crippen LogP contribution in [-0.4, -0.2) is 30.8 Å². The van der Waals surface area contributed by atoms with Gasteiger partial charge in [0.2, 0.25) is 5.91 Å². The van der Waals surface area contributed by atoms with Crippen molar-refractivity contribution >= 4 is 37.6 Å². The highest BCUT2D eigenvalue weighted by Crippen LogP contribution is 2.31. The van der Waals surface area contributed by atoms with Gasteiger partial charge in [0.05, 0.1) is 5.69 Å². The Kier molecular flexibility index (Phi) is 3.98. The Morgan fingerprint density at radius 3 is 2.68 bits per heavy atom. The summed E-state index contributed by atoms with van der Waals surface area (Å²) in [4.78, 5) is 13.1. The summed E-state index contributed by atoms with van der Waals surface area (Å²) in [7, 11) is -4.35. The molecule has 1 amide bonds. The Morgan fingerprint density at radius 1 is 1.47 bits per heavy atom. The second kappa shape index (κ2) is 5.22. The van der Waals surface area contributed by atoms with Gasteiger partial charge in [0.1, 0.15) is 4.90 Å². The first kappa shape index (κ1) is 14.5. The molecular formula is C12H14BrNO4S. The molecule has 1 aliphatic rings. The number of alkyl halides is 1. The van der Waals surface area contributed by atoms with Gasteiger partial charge in [0, 0.05) is 18.3 Å². The minimum Gasteiger partial charge on any atom is -0.311 e. The van der Waals surface area contributed by atoms with Crippen LogP contribution in [0.1, 0.15) is 12.0 Å². The molecule has 1 N–H and O–H groups in total. The van der Waals surface area contributed by atoms with Crippen LogP contribution < -0.4 is 4.90 Å². The lowest BCUT2D eigenvalue weighted by Gasteiger charge is -2.19. The molecule has 0 radical (unpaired) electrons. The second-order valence-electron chi connectivity index (χ2n) is 4.68. The number of rotatable bonds is 3. The lowest BCUT2D eigenvalue weighted by atomic mass is 10.2. The number of nitrogens with zero attached hydrogens (tertiary/aromatic N) is 1. The average molecular weight is 348 g/mol. The first-order chi connectivity index (χ1) is 8.82. The maximum absolute atomic E-state index is 11.9. The van der Waals surface area contributed by atoms with E-state index >= 15 is 0 Å². The van der Waals surface area contributed by atoms with E-state index in [1.54, 1.807) is 19.1 Å². The van der Waals surface area contributed by atoms with Crippen LogP contribution in [0, 0.1) is 12.8 Å². The van der Waals surface area contributed by atoms with Gasteiger partial charge in [-0.2, -0.15) is 8.42 Å². The van der Waals surface area contributed by atoms with Crippen molar-refractivity contribution in [2.45, 2.75) is 18.2 Å². The van der Waals surface area contributed by atoms with Gasteiger partial charge in [-0.25, -0.2) is 0 Å². The lowest BCUT2D eigenvalue weighted by molar-refractivity contribution is -0.117. The molecule has 1 saturated heterocycles. The molecule has 104 valence electrons.